The number of pyridine rings is 1. The number of nitrogens with zero attached hydrogens (tertiary/aromatic N) is 2. The van der Waals surface area contributed by atoms with E-state index in [-0.39, 0.29) is 12.5 Å². The predicted molar refractivity (Wildman–Crippen MR) is 85.5 cm³/mol. The molecule has 0 saturated carbocycles. The number of carbonyl (C=O) groups excluding carboxylic acids is 1. The van der Waals surface area contributed by atoms with Gasteiger partial charge in [0.05, 0.1) is 12.1 Å². The second-order valence-electron chi connectivity index (χ2n) is 5.76. The SMILES string of the molecule is CC(C)CN(CC(N)=O)Cc1cc2ccccc2nc1N. The molecule has 0 spiro atoms. The highest BCUT2D eigenvalue weighted by molar-refractivity contribution is 5.81. The molecule has 5 nitrogen and oxygen atoms in total. The number of nitrogens with two attached hydrogens (primary N) is 2. The zero-order chi connectivity index (χ0) is 15.4. The Morgan fingerprint density at radius 3 is 2.71 bits per heavy atom. The van der Waals surface area contributed by atoms with E-state index in [1.165, 1.54) is 0 Å². The minimum Gasteiger partial charge on any atom is -0.383 e. The molecule has 0 atom stereocenters. The van der Waals surface area contributed by atoms with Crippen molar-refractivity contribution in [1.82, 2.24) is 9.88 Å². The van der Waals surface area contributed by atoms with Crippen molar-refractivity contribution in [3.05, 3.63) is 35.9 Å². The Labute approximate surface area is 124 Å². The Bertz CT molecular complexity index is 639. The van der Waals surface area contributed by atoms with Crippen molar-refractivity contribution in [2.24, 2.45) is 11.7 Å². The maximum atomic E-state index is 11.2. The topological polar surface area (TPSA) is 85.2 Å². The van der Waals surface area contributed by atoms with Gasteiger partial charge in [0.1, 0.15) is 5.82 Å². The molecule has 112 valence electrons. The first kappa shape index (κ1) is 15.3. The van der Waals surface area contributed by atoms with Gasteiger partial charge in [0.25, 0.3) is 0 Å². The molecule has 4 N–H and O–H groups in total. The molecule has 2 aromatic rings. The predicted octanol–water partition coefficient (Wildman–Crippen LogP) is 1.76. The van der Waals surface area contributed by atoms with Crippen LogP contribution in [0, 0.1) is 5.92 Å². The van der Waals surface area contributed by atoms with Crippen LogP contribution in [0.15, 0.2) is 30.3 Å². The van der Waals surface area contributed by atoms with Crippen LogP contribution >= 0.6 is 0 Å². The van der Waals surface area contributed by atoms with Gasteiger partial charge in [0.15, 0.2) is 0 Å². The number of nitrogen functional groups attached to an aromatic ring is 1. The first-order valence-corrected chi connectivity index (χ1v) is 7.10. The Morgan fingerprint density at radius 1 is 1.33 bits per heavy atom. The van der Waals surface area contributed by atoms with Gasteiger partial charge in [-0.25, -0.2) is 4.98 Å². The molecule has 0 saturated heterocycles. The summed E-state index contributed by atoms with van der Waals surface area (Å²) in [7, 11) is 0. The summed E-state index contributed by atoms with van der Waals surface area (Å²) in [6.07, 6.45) is 0. The van der Waals surface area contributed by atoms with Crippen LogP contribution in [0.3, 0.4) is 0 Å². The molecule has 0 unspecified atom stereocenters. The first-order chi connectivity index (χ1) is 9.95. The van der Waals surface area contributed by atoms with E-state index < -0.39 is 0 Å². The van der Waals surface area contributed by atoms with Gasteiger partial charge in [-0.3, -0.25) is 9.69 Å². The molecule has 2 rings (SSSR count). The van der Waals surface area contributed by atoms with Gasteiger partial charge in [-0.05, 0) is 18.1 Å². The molecular weight excluding hydrogens is 264 g/mol. The molecule has 21 heavy (non-hydrogen) atoms. The molecule has 0 fully saturated rings. The third-order valence-electron chi connectivity index (χ3n) is 3.23. The van der Waals surface area contributed by atoms with Crippen LogP contribution in [0.4, 0.5) is 5.82 Å². The van der Waals surface area contributed by atoms with Crippen LogP contribution in [0.25, 0.3) is 10.9 Å². The molecule has 1 heterocycles. The van der Waals surface area contributed by atoms with Crippen molar-refractivity contribution in [3.8, 4) is 0 Å². The van der Waals surface area contributed by atoms with E-state index in [0.717, 1.165) is 23.0 Å². The van der Waals surface area contributed by atoms with Crippen LogP contribution < -0.4 is 11.5 Å². The van der Waals surface area contributed by atoms with Gasteiger partial charge >= 0.3 is 0 Å². The summed E-state index contributed by atoms with van der Waals surface area (Å²) < 4.78 is 0. The molecule has 5 heteroatoms. The number of hydrogen-bond donors (Lipinski definition) is 2. The van der Waals surface area contributed by atoms with Crippen molar-refractivity contribution in [1.29, 1.82) is 0 Å². The third kappa shape index (κ3) is 4.16. The number of para-hydroxylation sites is 1. The number of primary amides is 1. The van der Waals surface area contributed by atoms with E-state index in [1.54, 1.807) is 0 Å². The lowest BCUT2D eigenvalue weighted by atomic mass is 10.1. The van der Waals surface area contributed by atoms with Crippen molar-refractivity contribution in [2.45, 2.75) is 20.4 Å². The van der Waals surface area contributed by atoms with Crippen LogP contribution in [-0.4, -0.2) is 28.9 Å². The number of hydrogen-bond acceptors (Lipinski definition) is 4. The Morgan fingerprint density at radius 2 is 2.05 bits per heavy atom. The summed E-state index contributed by atoms with van der Waals surface area (Å²) in [6.45, 7) is 5.80. The largest absolute Gasteiger partial charge is 0.383 e. The number of amides is 1. The van der Waals surface area contributed by atoms with E-state index in [9.17, 15) is 4.79 Å². The maximum Gasteiger partial charge on any atom is 0.231 e. The van der Waals surface area contributed by atoms with Crippen LogP contribution in [0.2, 0.25) is 0 Å². The Hall–Kier alpha value is -2.14. The molecule has 1 amide bonds. The van der Waals surface area contributed by atoms with Crippen molar-refractivity contribution in [3.63, 3.8) is 0 Å². The minimum absolute atomic E-state index is 0.227. The average molecular weight is 286 g/mol. The molecule has 1 aromatic heterocycles. The molecule has 0 aliphatic heterocycles. The number of carbonyl (C=O) groups is 1. The molecular formula is C16H22N4O. The fourth-order valence-corrected chi connectivity index (χ4v) is 2.46. The van der Waals surface area contributed by atoms with E-state index in [2.05, 4.69) is 18.8 Å². The summed E-state index contributed by atoms with van der Waals surface area (Å²) in [5.41, 5.74) is 13.2. The van der Waals surface area contributed by atoms with Crippen LogP contribution in [-0.2, 0) is 11.3 Å². The number of anilines is 1. The van der Waals surface area contributed by atoms with Crippen molar-refractivity contribution >= 4 is 22.6 Å². The second kappa shape index (κ2) is 6.54. The lowest BCUT2D eigenvalue weighted by Crippen LogP contribution is -2.36. The van der Waals surface area contributed by atoms with E-state index in [0.29, 0.717) is 18.3 Å². The molecule has 0 aliphatic rings. The number of rotatable bonds is 6. The maximum absolute atomic E-state index is 11.2. The van der Waals surface area contributed by atoms with Gasteiger partial charge in [-0.1, -0.05) is 32.0 Å². The van der Waals surface area contributed by atoms with E-state index in [1.807, 2.05) is 35.2 Å². The summed E-state index contributed by atoms with van der Waals surface area (Å²) in [6, 6.07) is 9.88. The van der Waals surface area contributed by atoms with Crippen LogP contribution in [0.1, 0.15) is 19.4 Å². The minimum atomic E-state index is -0.331. The quantitative estimate of drug-likeness (QED) is 0.847. The third-order valence-corrected chi connectivity index (χ3v) is 3.23. The summed E-state index contributed by atoms with van der Waals surface area (Å²) in [4.78, 5) is 17.6. The number of benzene rings is 1. The zero-order valence-electron chi connectivity index (χ0n) is 12.5. The molecule has 1 aromatic carbocycles. The smallest absolute Gasteiger partial charge is 0.231 e. The van der Waals surface area contributed by atoms with E-state index >= 15 is 0 Å². The molecule has 0 bridgehead atoms. The highest BCUT2D eigenvalue weighted by Crippen LogP contribution is 2.20. The van der Waals surface area contributed by atoms with E-state index in [4.69, 9.17) is 11.5 Å². The monoisotopic (exact) mass is 286 g/mol. The normalized spacial score (nSPS) is 11.4. The Kier molecular flexibility index (Phi) is 4.75. The van der Waals surface area contributed by atoms with Crippen molar-refractivity contribution in [2.75, 3.05) is 18.8 Å². The zero-order valence-corrected chi connectivity index (χ0v) is 12.5. The summed E-state index contributed by atoms with van der Waals surface area (Å²) >= 11 is 0. The number of aromatic nitrogens is 1. The van der Waals surface area contributed by atoms with Crippen molar-refractivity contribution < 1.29 is 4.79 Å². The fraction of sp³-hybridized carbons (Fsp3) is 0.375. The standard InChI is InChI=1S/C16H22N4O/c1-11(2)8-20(10-15(17)21)9-13-7-12-5-3-4-6-14(12)19-16(13)18/h3-7,11H,8-10H2,1-2H3,(H2,17,21)(H2,18,19). The van der Waals surface area contributed by atoms with Gasteiger partial charge in [-0.15, -0.1) is 0 Å². The molecule has 0 aliphatic carbocycles. The summed E-state index contributed by atoms with van der Waals surface area (Å²) in [5, 5.41) is 1.05. The molecule has 0 radical (unpaired) electrons. The first-order valence-electron chi connectivity index (χ1n) is 7.10. The van der Waals surface area contributed by atoms with Crippen LogP contribution in [0.5, 0.6) is 0 Å². The lowest BCUT2D eigenvalue weighted by Gasteiger charge is -2.23. The lowest BCUT2D eigenvalue weighted by molar-refractivity contribution is -0.119. The van der Waals surface area contributed by atoms with Gasteiger partial charge < -0.3 is 11.5 Å². The highest BCUT2D eigenvalue weighted by Gasteiger charge is 2.13. The number of fused-ring (bicyclic) bond motifs is 1. The highest BCUT2D eigenvalue weighted by atomic mass is 16.1. The average Bonchev–Trinajstić information content (AvgIpc) is 2.38. The summed E-state index contributed by atoms with van der Waals surface area (Å²) in [5.74, 6) is 0.619. The van der Waals surface area contributed by atoms with Gasteiger partial charge in [0, 0.05) is 24.0 Å². The van der Waals surface area contributed by atoms with Gasteiger partial charge in [0.2, 0.25) is 5.91 Å². The fourth-order valence-electron chi connectivity index (χ4n) is 2.46. The Balaban J connectivity index is 2.26. The van der Waals surface area contributed by atoms with Gasteiger partial charge in [-0.2, -0.15) is 0 Å². The second-order valence-corrected chi connectivity index (χ2v) is 5.76.